The van der Waals surface area contributed by atoms with Crippen LogP contribution < -0.4 is 10.6 Å². The molecule has 0 heterocycles. The molecule has 4 atom stereocenters. The van der Waals surface area contributed by atoms with Gasteiger partial charge in [0, 0.05) is 6.04 Å². The van der Waals surface area contributed by atoms with E-state index < -0.39 is 29.7 Å². The highest BCUT2D eigenvalue weighted by Crippen LogP contribution is 2.28. The van der Waals surface area contributed by atoms with Crippen LogP contribution in [0.2, 0.25) is 0 Å². The molecule has 0 radical (unpaired) electrons. The van der Waals surface area contributed by atoms with E-state index in [9.17, 15) is 19.6 Å². The Labute approximate surface area is 216 Å². The lowest BCUT2D eigenvalue weighted by Crippen LogP contribution is -2.55. The molecule has 2 N–H and O–H groups in total. The van der Waals surface area contributed by atoms with Crippen LogP contribution in [0.25, 0.3) is 0 Å². The minimum atomic E-state index is -1.02. The Morgan fingerprint density at radius 1 is 1.11 bits per heavy atom. The highest BCUT2D eigenvalue weighted by atomic mass is 16.6. The molecule has 0 saturated heterocycles. The maximum Gasteiger partial charge on any atom is 0.408 e. The quantitative estimate of drug-likeness (QED) is 0.418. The van der Waals surface area contributed by atoms with Gasteiger partial charge in [-0.05, 0) is 70.6 Å². The lowest BCUT2D eigenvalue weighted by Gasteiger charge is -2.35. The number of nitrogens with one attached hydrogen (secondary N) is 2. The van der Waals surface area contributed by atoms with E-state index in [1.54, 1.807) is 20.8 Å². The number of nitriles is 1. The molecule has 1 aromatic rings. The van der Waals surface area contributed by atoms with Gasteiger partial charge in [0.2, 0.25) is 11.8 Å². The molecule has 0 fully saturated rings. The van der Waals surface area contributed by atoms with Crippen LogP contribution in [0.4, 0.5) is 4.79 Å². The van der Waals surface area contributed by atoms with Crippen LogP contribution in [0.5, 0.6) is 0 Å². The Kier molecular flexibility index (Phi) is 11.9. The molecule has 36 heavy (non-hydrogen) atoms. The van der Waals surface area contributed by atoms with Gasteiger partial charge in [-0.1, -0.05) is 51.8 Å². The number of alkyl carbamates (subject to hydrolysis) is 1. The third-order valence-electron chi connectivity index (χ3n) is 6.29. The van der Waals surface area contributed by atoms with Crippen molar-refractivity contribution in [2.24, 2.45) is 5.92 Å². The van der Waals surface area contributed by atoms with Crippen LogP contribution in [0.3, 0.4) is 0 Å². The smallest absolute Gasteiger partial charge is 0.408 e. The zero-order valence-corrected chi connectivity index (χ0v) is 23.4. The van der Waals surface area contributed by atoms with Crippen molar-refractivity contribution in [3.05, 3.63) is 34.9 Å². The van der Waals surface area contributed by atoms with Crippen molar-refractivity contribution < 1.29 is 19.1 Å². The zero-order chi connectivity index (χ0) is 27.6. The van der Waals surface area contributed by atoms with Crippen LogP contribution in [0, 0.1) is 31.1 Å². The summed E-state index contributed by atoms with van der Waals surface area (Å²) in [6.07, 6.45) is 1.56. The number of nitrogens with zero attached hydrogens (tertiary/aromatic N) is 2. The average molecular weight is 501 g/mol. The molecule has 0 aliphatic heterocycles. The molecule has 4 unspecified atom stereocenters. The first-order valence-electron chi connectivity index (χ1n) is 12.8. The number of hydrogen-bond donors (Lipinski definition) is 2. The molecular formula is C28H44N4O4. The van der Waals surface area contributed by atoms with E-state index in [4.69, 9.17) is 4.74 Å². The lowest BCUT2D eigenvalue weighted by molar-refractivity contribution is -0.143. The standard InChI is InChI=1S/C28H44N4O4/c1-10-13-20(5)30-25(33)24(22-15-12-14-19(4)21(22)6)32(17-16-29)26(34)23(18(3)11-2)31-27(35)36-28(7,8)9/h12,14-15,18,20,23-24H,10-11,13,17H2,1-9H3,(H,30,33)(H,31,35). The summed E-state index contributed by atoms with van der Waals surface area (Å²) in [6.45, 7) is 16.5. The number of amides is 3. The van der Waals surface area contributed by atoms with Crippen LogP contribution in [-0.4, -0.2) is 47.0 Å². The predicted octanol–water partition coefficient (Wildman–Crippen LogP) is 4.94. The van der Waals surface area contributed by atoms with Gasteiger partial charge in [-0.3, -0.25) is 9.59 Å². The number of hydrogen-bond acceptors (Lipinski definition) is 5. The maximum atomic E-state index is 14.0. The van der Waals surface area contributed by atoms with E-state index in [1.165, 1.54) is 4.90 Å². The van der Waals surface area contributed by atoms with Crippen molar-refractivity contribution >= 4 is 17.9 Å². The summed E-state index contributed by atoms with van der Waals surface area (Å²) < 4.78 is 5.39. The van der Waals surface area contributed by atoms with Gasteiger partial charge in [0.15, 0.2) is 0 Å². The minimum absolute atomic E-state index is 0.0978. The fourth-order valence-corrected chi connectivity index (χ4v) is 4.02. The SMILES string of the molecule is CCCC(C)NC(=O)C(c1cccc(C)c1C)N(CC#N)C(=O)C(NC(=O)OC(C)(C)C)C(C)CC. The fraction of sp³-hybridized carbons (Fsp3) is 0.643. The van der Waals surface area contributed by atoms with E-state index in [2.05, 4.69) is 16.7 Å². The lowest BCUT2D eigenvalue weighted by atomic mass is 9.93. The third-order valence-corrected chi connectivity index (χ3v) is 6.29. The summed E-state index contributed by atoms with van der Waals surface area (Å²) in [5.74, 6) is -1.11. The first kappa shape index (κ1) is 31.0. The fourth-order valence-electron chi connectivity index (χ4n) is 4.02. The molecule has 8 heteroatoms. The molecule has 1 aromatic carbocycles. The van der Waals surface area contributed by atoms with Gasteiger partial charge in [-0.2, -0.15) is 5.26 Å². The summed E-state index contributed by atoms with van der Waals surface area (Å²) in [4.78, 5) is 41.5. The van der Waals surface area contributed by atoms with Crippen molar-refractivity contribution in [1.82, 2.24) is 15.5 Å². The Morgan fingerprint density at radius 3 is 2.28 bits per heavy atom. The topological polar surface area (TPSA) is 112 Å². The van der Waals surface area contributed by atoms with Crippen LogP contribution in [0.15, 0.2) is 18.2 Å². The monoisotopic (exact) mass is 500 g/mol. The van der Waals surface area contributed by atoms with Crippen LogP contribution >= 0.6 is 0 Å². The summed E-state index contributed by atoms with van der Waals surface area (Å²) in [7, 11) is 0. The molecule has 0 bridgehead atoms. The first-order valence-corrected chi connectivity index (χ1v) is 12.8. The van der Waals surface area contributed by atoms with E-state index >= 15 is 0 Å². The summed E-state index contributed by atoms with van der Waals surface area (Å²) in [5, 5.41) is 15.4. The second kappa shape index (κ2) is 13.9. The van der Waals surface area contributed by atoms with E-state index in [0.29, 0.717) is 12.0 Å². The van der Waals surface area contributed by atoms with Crippen molar-refractivity contribution in [1.29, 1.82) is 5.26 Å². The second-order valence-electron chi connectivity index (χ2n) is 10.5. The number of aryl methyl sites for hydroxylation is 1. The van der Waals surface area contributed by atoms with Crippen molar-refractivity contribution in [2.45, 2.75) is 105 Å². The summed E-state index contributed by atoms with van der Waals surface area (Å²) in [6, 6.07) is 5.56. The molecule has 0 spiro atoms. The van der Waals surface area contributed by atoms with Crippen molar-refractivity contribution in [2.75, 3.05) is 6.54 Å². The Balaban J connectivity index is 3.56. The third kappa shape index (κ3) is 8.85. The highest BCUT2D eigenvalue weighted by molar-refractivity contribution is 5.92. The first-order chi connectivity index (χ1) is 16.8. The molecule has 0 saturated carbocycles. The normalized spacial score (nSPS) is 14.6. The van der Waals surface area contributed by atoms with Crippen molar-refractivity contribution in [3.63, 3.8) is 0 Å². The molecule has 200 valence electrons. The van der Waals surface area contributed by atoms with Gasteiger partial charge in [0.05, 0.1) is 6.07 Å². The molecule has 0 aliphatic rings. The van der Waals surface area contributed by atoms with Gasteiger partial charge >= 0.3 is 6.09 Å². The highest BCUT2D eigenvalue weighted by Gasteiger charge is 2.39. The van der Waals surface area contributed by atoms with E-state index in [0.717, 1.165) is 24.0 Å². The average Bonchev–Trinajstić information content (AvgIpc) is 2.77. The minimum Gasteiger partial charge on any atom is -0.444 e. The summed E-state index contributed by atoms with van der Waals surface area (Å²) >= 11 is 0. The molecule has 0 aromatic heterocycles. The predicted molar refractivity (Wildman–Crippen MR) is 141 cm³/mol. The molecule has 1 rings (SSSR count). The van der Waals surface area contributed by atoms with Gasteiger partial charge in [0.1, 0.15) is 24.2 Å². The number of ether oxygens (including phenoxy) is 1. The van der Waals surface area contributed by atoms with E-state index in [-0.39, 0.29) is 24.4 Å². The van der Waals surface area contributed by atoms with Crippen LogP contribution in [-0.2, 0) is 14.3 Å². The van der Waals surface area contributed by atoms with Crippen molar-refractivity contribution in [3.8, 4) is 6.07 Å². The zero-order valence-electron chi connectivity index (χ0n) is 23.4. The van der Waals surface area contributed by atoms with E-state index in [1.807, 2.05) is 59.7 Å². The number of benzene rings is 1. The second-order valence-corrected chi connectivity index (χ2v) is 10.5. The molecule has 8 nitrogen and oxygen atoms in total. The van der Waals surface area contributed by atoms with Crippen LogP contribution in [0.1, 0.15) is 90.5 Å². The molecule has 3 amide bonds. The molecule has 0 aliphatic carbocycles. The maximum absolute atomic E-state index is 14.0. The Morgan fingerprint density at radius 2 is 1.75 bits per heavy atom. The van der Waals surface area contributed by atoms with Gasteiger partial charge < -0.3 is 20.3 Å². The van der Waals surface area contributed by atoms with Gasteiger partial charge in [-0.25, -0.2) is 4.79 Å². The van der Waals surface area contributed by atoms with Gasteiger partial charge in [-0.15, -0.1) is 0 Å². The molecular weight excluding hydrogens is 456 g/mol. The Bertz CT molecular complexity index is 948. The summed E-state index contributed by atoms with van der Waals surface area (Å²) in [5.41, 5.74) is 1.76. The largest absolute Gasteiger partial charge is 0.444 e. The number of rotatable bonds is 11. The van der Waals surface area contributed by atoms with Gasteiger partial charge in [0.25, 0.3) is 0 Å². The number of carbonyl (C=O) groups is 3. The Hall–Kier alpha value is -3.08. The number of carbonyl (C=O) groups excluding carboxylic acids is 3.